The Kier molecular flexibility index (Phi) is 4.79. The predicted octanol–water partition coefficient (Wildman–Crippen LogP) is 5.85. The number of ketones is 1. The first-order valence-corrected chi connectivity index (χ1v) is 9.13. The van der Waals surface area contributed by atoms with E-state index in [1.807, 2.05) is 72.8 Å². The molecule has 1 aliphatic rings. The summed E-state index contributed by atoms with van der Waals surface area (Å²) in [6, 6.07) is 20.0. The number of rotatable bonds is 2. The minimum absolute atomic E-state index is 0.0604. The van der Waals surface area contributed by atoms with Gasteiger partial charge >= 0.3 is 0 Å². The number of carbonyl (C=O) groups excluding carboxylic acids is 1. The van der Waals surface area contributed by atoms with Crippen molar-refractivity contribution in [3.05, 3.63) is 81.6 Å². The van der Waals surface area contributed by atoms with Gasteiger partial charge in [-0.15, -0.1) is 23.5 Å². The topological polar surface area (TPSA) is 17.1 Å². The molecule has 1 nitrogen and oxygen atoms in total. The van der Waals surface area contributed by atoms with E-state index in [0.29, 0.717) is 0 Å². The van der Waals surface area contributed by atoms with Crippen molar-refractivity contribution in [3.63, 3.8) is 0 Å². The van der Waals surface area contributed by atoms with Crippen LogP contribution in [0.15, 0.2) is 70.5 Å². The molecule has 0 spiro atoms. The predicted molar refractivity (Wildman–Crippen MR) is 103 cm³/mol. The van der Waals surface area contributed by atoms with Gasteiger partial charge in [0.2, 0.25) is 5.78 Å². The Morgan fingerprint density at radius 3 is 1.52 bits per heavy atom. The molecule has 0 atom stereocenters. The first-order chi connectivity index (χ1) is 11.0. The molecule has 0 N–H and O–H groups in total. The van der Waals surface area contributed by atoms with Crippen molar-refractivity contribution >= 4 is 41.5 Å². The summed E-state index contributed by atoms with van der Waals surface area (Å²) in [6.45, 7) is 4.32. The van der Waals surface area contributed by atoms with Crippen molar-refractivity contribution in [1.82, 2.24) is 0 Å². The molecular formula is C20H18OS2. The van der Waals surface area contributed by atoms with Gasteiger partial charge in [0, 0.05) is 0 Å². The van der Waals surface area contributed by atoms with Gasteiger partial charge in [-0.05, 0) is 37.1 Å². The first kappa shape index (κ1) is 16.2. The molecule has 1 fully saturated rings. The standard InChI is InChI=1S/C20H18OS2/c1-20(2)22-17(13-15-9-5-3-6-10-15)19(21)18(23-20)14-16-11-7-4-8-12-16/h3-14H,1-2H3/b17-13-,18-14+. The van der Waals surface area contributed by atoms with Gasteiger partial charge < -0.3 is 0 Å². The summed E-state index contributed by atoms with van der Waals surface area (Å²) >= 11 is 3.28. The Hall–Kier alpha value is -1.71. The van der Waals surface area contributed by atoms with Crippen molar-refractivity contribution < 1.29 is 4.79 Å². The number of hydrogen-bond donors (Lipinski definition) is 0. The van der Waals surface area contributed by atoms with Gasteiger partial charge in [0.25, 0.3) is 0 Å². The highest BCUT2D eigenvalue weighted by Crippen LogP contribution is 2.51. The third kappa shape index (κ3) is 4.18. The van der Waals surface area contributed by atoms with Gasteiger partial charge in [-0.3, -0.25) is 4.79 Å². The second kappa shape index (κ2) is 6.81. The van der Waals surface area contributed by atoms with E-state index < -0.39 is 0 Å². The lowest BCUT2D eigenvalue weighted by molar-refractivity contribution is -0.110. The Bertz CT molecular complexity index is 695. The summed E-state index contributed by atoms with van der Waals surface area (Å²) < 4.78 is -0.0604. The lowest BCUT2D eigenvalue weighted by Crippen LogP contribution is -2.20. The SMILES string of the molecule is CC1(C)S/C(=C\c2ccccc2)C(=O)/C(=C\c2ccccc2)S1. The molecule has 1 saturated heterocycles. The van der Waals surface area contributed by atoms with Crippen LogP contribution >= 0.6 is 23.5 Å². The number of hydrogen-bond acceptors (Lipinski definition) is 3. The van der Waals surface area contributed by atoms with E-state index in [1.54, 1.807) is 23.5 Å². The average Bonchev–Trinajstić information content (AvgIpc) is 2.53. The lowest BCUT2D eigenvalue weighted by atomic mass is 10.1. The maximum Gasteiger partial charge on any atom is 0.205 e. The van der Waals surface area contributed by atoms with Gasteiger partial charge in [0.1, 0.15) is 0 Å². The van der Waals surface area contributed by atoms with Crippen LogP contribution in [0.5, 0.6) is 0 Å². The van der Waals surface area contributed by atoms with Gasteiger partial charge in [-0.2, -0.15) is 0 Å². The van der Waals surface area contributed by atoms with Crippen molar-refractivity contribution in [1.29, 1.82) is 0 Å². The van der Waals surface area contributed by atoms with Crippen molar-refractivity contribution in [3.8, 4) is 0 Å². The summed E-state index contributed by atoms with van der Waals surface area (Å²) in [4.78, 5) is 14.5. The van der Waals surface area contributed by atoms with Crippen LogP contribution in [0.25, 0.3) is 12.2 Å². The molecule has 0 saturated carbocycles. The second-order valence-corrected chi connectivity index (χ2v) is 9.36. The Labute approximate surface area is 145 Å². The summed E-state index contributed by atoms with van der Waals surface area (Å²) in [6.07, 6.45) is 3.99. The molecule has 3 rings (SSSR count). The van der Waals surface area contributed by atoms with E-state index in [-0.39, 0.29) is 9.86 Å². The molecule has 0 radical (unpaired) electrons. The number of benzene rings is 2. The Balaban J connectivity index is 1.98. The molecule has 1 heterocycles. The molecular weight excluding hydrogens is 320 g/mol. The molecule has 0 aliphatic carbocycles. The van der Waals surface area contributed by atoms with E-state index in [1.165, 1.54) is 0 Å². The molecule has 0 amide bonds. The normalized spacial score (nSPS) is 20.9. The van der Waals surface area contributed by atoms with Crippen LogP contribution in [-0.4, -0.2) is 9.86 Å². The van der Waals surface area contributed by atoms with E-state index in [9.17, 15) is 4.79 Å². The van der Waals surface area contributed by atoms with E-state index in [0.717, 1.165) is 20.9 Å². The van der Waals surface area contributed by atoms with Gasteiger partial charge in [-0.1, -0.05) is 60.7 Å². The molecule has 116 valence electrons. The molecule has 2 aromatic rings. The summed E-state index contributed by atoms with van der Waals surface area (Å²) in [5, 5.41) is 0. The van der Waals surface area contributed by atoms with Crippen LogP contribution in [0.1, 0.15) is 25.0 Å². The largest absolute Gasteiger partial charge is 0.287 e. The molecule has 23 heavy (non-hydrogen) atoms. The molecule has 0 aromatic heterocycles. The molecule has 1 aliphatic heterocycles. The number of carbonyl (C=O) groups is 1. The summed E-state index contributed by atoms with van der Waals surface area (Å²) in [5.74, 6) is 0.118. The number of thioether (sulfide) groups is 2. The zero-order chi connectivity index (χ0) is 16.3. The molecule has 3 heteroatoms. The number of allylic oxidation sites excluding steroid dienone is 2. The van der Waals surface area contributed by atoms with E-state index in [4.69, 9.17) is 0 Å². The van der Waals surface area contributed by atoms with Gasteiger partial charge in [-0.25, -0.2) is 0 Å². The zero-order valence-corrected chi connectivity index (χ0v) is 14.8. The van der Waals surface area contributed by atoms with Crippen LogP contribution in [0, 0.1) is 0 Å². The number of Topliss-reactive ketones (excluding diaryl/α,β-unsaturated/α-hetero) is 1. The Morgan fingerprint density at radius 1 is 0.739 bits per heavy atom. The second-order valence-electron chi connectivity index (χ2n) is 5.77. The van der Waals surface area contributed by atoms with Crippen LogP contribution in [0.4, 0.5) is 0 Å². The average molecular weight is 338 g/mol. The van der Waals surface area contributed by atoms with Gasteiger partial charge in [0.15, 0.2) is 0 Å². The monoisotopic (exact) mass is 338 g/mol. The summed E-state index contributed by atoms with van der Waals surface area (Å²) in [5.41, 5.74) is 2.12. The third-order valence-electron chi connectivity index (χ3n) is 3.35. The lowest BCUT2D eigenvalue weighted by Gasteiger charge is -2.30. The van der Waals surface area contributed by atoms with Crippen molar-refractivity contribution in [2.24, 2.45) is 0 Å². The first-order valence-electron chi connectivity index (χ1n) is 7.50. The maximum absolute atomic E-state index is 12.8. The van der Waals surface area contributed by atoms with Crippen LogP contribution < -0.4 is 0 Å². The molecule has 0 unspecified atom stereocenters. The maximum atomic E-state index is 12.8. The molecule has 0 bridgehead atoms. The highest BCUT2D eigenvalue weighted by atomic mass is 32.2. The fraction of sp³-hybridized carbons (Fsp3) is 0.150. The smallest absolute Gasteiger partial charge is 0.205 e. The van der Waals surface area contributed by atoms with Gasteiger partial charge in [0.05, 0.1) is 13.9 Å². The fourth-order valence-corrected chi connectivity index (χ4v) is 4.98. The highest BCUT2D eigenvalue weighted by molar-refractivity contribution is 8.23. The van der Waals surface area contributed by atoms with Crippen molar-refractivity contribution in [2.45, 2.75) is 17.9 Å². The summed E-state index contributed by atoms with van der Waals surface area (Å²) in [7, 11) is 0. The van der Waals surface area contributed by atoms with Crippen LogP contribution in [-0.2, 0) is 4.79 Å². The van der Waals surface area contributed by atoms with Crippen molar-refractivity contribution in [2.75, 3.05) is 0 Å². The highest BCUT2D eigenvalue weighted by Gasteiger charge is 2.34. The quantitative estimate of drug-likeness (QED) is 0.639. The minimum atomic E-state index is -0.0604. The molecule has 2 aromatic carbocycles. The third-order valence-corrected chi connectivity index (χ3v) is 5.88. The fourth-order valence-electron chi connectivity index (χ4n) is 2.36. The van der Waals surface area contributed by atoms with Crippen LogP contribution in [0.3, 0.4) is 0 Å². The van der Waals surface area contributed by atoms with E-state index >= 15 is 0 Å². The van der Waals surface area contributed by atoms with Crippen LogP contribution in [0.2, 0.25) is 0 Å². The minimum Gasteiger partial charge on any atom is -0.287 e. The van der Waals surface area contributed by atoms with E-state index in [2.05, 4.69) is 13.8 Å². The zero-order valence-electron chi connectivity index (χ0n) is 13.2. The Morgan fingerprint density at radius 2 is 1.13 bits per heavy atom.